The quantitative estimate of drug-likeness (QED) is 0.874. The van der Waals surface area contributed by atoms with Gasteiger partial charge < -0.3 is 10.2 Å². The van der Waals surface area contributed by atoms with Crippen molar-refractivity contribution in [2.45, 2.75) is 25.8 Å². The van der Waals surface area contributed by atoms with Gasteiger partial charge in [0.25, 0.3) is 0 Å². The van der Waals surface area contributed by atoms with Crippen LogP contribution >= 0.6 is 0 Å². The minimum absolute atomic E-state index is 0.289. The maximum Gasteiger partial charge on any atom is 0.141 e. The molecule has 2 unspecified atom stereocenters. The number of pyridine rings is 1. The molecule has 1 N–H and O–H groups in total. The Balaban J connectivity index is 1.95. The molecule has 0 aliphatic carbocycles. The normalized spacial score (nSPS) is 25.8. The van der Waals surface area contributed by atoms with Gasteiger partial charge in [-0.25, -0.2) is 9.37 Å². The van der Waals surface area contributed by atoms with E-state index in [2.05, 4.69) is 29.2 Å². The summed E-state index contributed by atoms with van der Waals surface area (Å²) in [6.07, 6.45) is 3.63. The third-order valence-electron chi connectivity index (χ3n) is 3.38. The second-order valence-corrected chi connectivity index (χ2v) is 4.93. The van der Waals surface area contributed by atoms with Gasteiger partial charge in [-0.15, -0.1) is 0 Å². The molecular weight excluding hydrogens is 217 g/mol. The van der Waals surface area contributed by atoms with Crippen LogP contribution < -0.4 is 5.32 Å². The molecule has 17 heavy (non-hydrogen) atoms. The average molecular weight is 237 g/mol. The summed E-state index contributed by atoms with van der Waals surface area (Å²) < 4.78 is 12.7. The molecule has 1 saturated heterocycles. The van der Waals surface area contributed by atoms with Crippen LogP contribution in [0.5, 0.6) is 0 Å². The highest BCUT2D eigenvalue weighted by molar-refractivity contribution is 5.35. The Morgan fingerprint density at radius 2 is 2.29 bits per heavy atom. The fourth-order valence-electron chi connectivity index (χ4n) is 2.51. The number of likely N-dealkylation sites (tertiary alicyclic amines) is 1. The highest BCUT2D eigenvalue weighted by atomic mass is 19.1. The third-order valence-corrected chi connectivity index (χ3v) is 3.38. The molecule has 0 amide bonds. The lowest BCUT2D eigenvalue weighted by Crippen LogP contribution is -2.44. The zero-order chi connectivity index (χ0) is 12.3. The fourth-order valence-corrected chi connectivity index (χ4v) is 2.51. The zero-order valence-electron chi connectivity index (χ0n) is 10.5. The van der Waals surface area contributed by atoms with E-state index in [0.717, 1.165) is 18.3 Å². The smallest absolute Gasteiger partial charge is 0.141 e. The summed E-state index contributed by atoms with van der Waals surface area (Å²) in [6, 6.07) is 3.56. The van der Waals surface area contributed by atoms with Gasteiger partial charge in [0, 0.05) is 19.1 Å². The Morgan fingerprint density at radius 1 is 1.47 bits per heavy atom. The molecule has 2 heterocycles. The minimum atomic E-state index is -0.289. The van der Waals surface area contributed by atoms with Gasteiger partial charge in [0.05, 0.1) is 6.20 Å². The van der Waals surface area contributed by atoms with Crippen molar-refractivity contribution in [3.63, 3.8) is 0 Å². The van der Waals surface area contributed by atoms with E-state index in [1.54, 1.807) is 6.07 Å². The van der Waals surface area contributed by atoms with Crippen LogP contribution in [0.4, 0.5) is 10.2 Å². The molecule has 0 saturated carbocycles. The van der Waals surface area contributed by atoms with Crippen molar-refractivity contribution < 1.29 is 4.39 Å². The van der Waals surface area contributed by atoms with Crippen molar-refractivity contribution in [3.05, 3.63) is 24.1 Å². The van der Waals surface area contributed by atoms with Gasteiger partial charge in [-0.2, -0.15) is 0 Å². The maximum atomic E-state index is 12.7. The summed E-state index contributed by atoms with van der Waals surface area (Å²) in [5, 5.41) is 3.38. The standard InChI is InChI=1S/C13H20FN3/c1-3-10-6-12(9-17(2)8-10)16-13-5-4-11(14)7-15-13/h4-5,7,10,12H,3,6,8-9H2,1-2H3,(H,15,16). The Morgan fingerprint density at radius 3 is 2.94 bits per heavy atom. The lowest BCUT2D eigenvalue weighted by atomic mass is 9.92. The Hall–Kier alpha value is -1.16. The average Bonchev–Trinajstić information content (AvgIpc) is 2.31. The second-order valence-electron chi connectivity index (χ2n) is 4.93. The number of piperidine rings is 1. The topological polar surface area (TPSA) is 28.2 Å². The molecule has 1 aromatic rings. The molecule has 94 valence electrons. The minimum Gasteiger partial charge on any atom is -0.366 e. The van der Waals surface area contributed by atoms with Gasteiger partial charge in [0.2, 0.25) is 0 Å². The predicted molar refractivity (Wildman–Crippen MR) is 67.5 cm³/mol. The van der Waals surface area contributed by atoms with Gasteiger partial charge >= 0.3 is 0 Å². The van der Waals surface area contributed by atoms with Crippen LogP contribution in [0.3, 0.4) is 0 Å². The van der Waals surface area contributed by atoms with E-state index in [-0.39, 0.29) is 5.82 Å². The molecule has 1 aromatic heterocycles. The number of hydrogen-bond acceptors (Lipinski definition) is 3. The number of rotatable bonds is 3. The van der Waals surface area contributed by atoms with Crippen molar-refractivity contribution in [1.29, 1.82) is 0 Å². The first-order valence-electron chi connectivity index (χ1n) is 6.24. The SMILES string of the molecule is CCC1CC(Nc2ccc(F)cn2)CN(C)C1. The second kappa shape index (κ2) is 5.45. The first kappa shape index (κ1) is 12.3. The molecule has 4 heteroatoms. The number of hydrogen-bond donors (Lipinski definition) is 1. The van der Waals surface area contributed by atoms with Crippen molar-refractivity contribution in [2.75, 3.05) is 25.5 Å². The first-order chi connectivity index (χ1) is 8.17. The highest BCUT2D eigenvalue weighted by Gasteiger charge is 2.24. The summed E-state index contributed by atoms with van der Waals surface area (Å²) in [4.78, 5) is 6.39. The van der Waals surface area contributed by atoms with Crippen LogP contribution in [0.15, 0.2) is 18.3 Å². The lowest BCUT2D eigenvalue weighted by molar-refractivity contribution is 0.192. The Labute approximate surface area is 102 Å². The van der Waals surface area contributed by atoms with Gasteiger partial charge in [-0.05, 0) is 31.5 Å². The van der Waals surface area contributed by atoms with E-state index in [0.29, 0.717) is 6.04 Å². The summed E-state index contributed by atoms with van der Waals surface area (Å²) in [6.45, 7) is 4.43. The highest BCUT2D eigenvalue weighted by Crippen LogP contribution is 2.21. The maximum absolute atomic E-state index is 12.7. The van der Waals surface area contributed by atoms with E-state index >= 15 is 0 Å². The Bertz CT molecular complexity index is 352. The Kier molecular flexibility index (Phi) is 3.94. The molecule has 0 spiro atoms. The van der Waals surface area contributed by atoms with Gasteiger partial charge in [0.15, 0.2) is 0 Å². The van der Waals surface area contributed by atoms with Gasteiger partial charge in [0.1, 0.15) is 11.6 Å². The van der Waals surface area contributed by atoms with Gasteiger partial charge in [-0.3, -0.25) is 0 Å². The summed E-state index contributed by atoms with van der Waals surface area (Å²) in [5.41, 5.74) is 0. The molecule has 1 aliphatic heterocycles. The van der Waals surface area contributed by atoms with E-state index in [1.807, 2.05) is 0 Å². The van der Waals surface area contributed by atoms with Crippen molar-refractivity contribution >= 4 is 5.82 Å². The molecule has 1 aliphatic rings. The molecular formula is C13H20FN3. The monoisotopic (exact) mass is 237 g/mol. The van der Waals surface area contributed by atoms with Crippen LogP contribution in [-0.4, -0.2) is 36.1 Å². The van der Waals surface area contributed by atoms with Crippen molar-refractivity contribution in [3.8, 4) is 0 Å². The summed E-state index contributed by atoms with van der Waals surface area (Å²) in [5.74, 6) is 1.22. The number of anilines is 1. The van der Waals surface area contributed by atoms with E-state index in [4.69, 9.17) is 0 Å². The van der Waals surface area contributed by atoms with Crippen LogP contribution in [0.1, 0.15) is 19.8 Å². The molecule has 0 radical (unpaired) electrons. The number of nitrogens with zero attached hydrogens (tertiary/aromatic N) is 2. The van der Waals surface area contributed by atoms with E-state index in [1.165, 1.54) is 31.6 Å². The molecule has 0 bridgehead atoms. The lowest BCUT2D eigenvalue weighted by Gasteiger charge is -2.35. The van der Waals surface area contributed by atoms with Crippen molar-refractivity contribution in [2.24, 2.45) is 5.92 Å². The summed E-state index contributed by atoms with van der Waals surface area (Å²) >= 11 is 0. The van der Waals surface area contributed by atoms with Crippen LogP contribution in [0, 0.1) is 11.7 Å². The first-order valence-corrected chi connectivity index (χ1v) is 6.24. The molecule has 3 nitrogen and oxygen atoms in total. The molecule has 2 atom stereocenters. The van der Waals surface area contributed by atoms with Crippen LogP contribution in [-0.2, 0) is 0 Å². The molecule has 1 fully saturated rings. The third kappa shape index (κ3) is 3.40. The molecule has 0 aromatic carbocycles. The molecule has 2 rings (SSSR count). The zero-order valence-corrected chi connectivity index (χ0v) is 10.5. The largest absolute Gasteiger partial charge is 0.366 e. The summed E-state index contributed by atoms with van der Waals surface area (Å²) in [7, 11) is 2.15. The van der Waals surface area contributed by atoms with E-state index < -0.39 is 0 Å². The number of likely N-dealkylation sites (N-methyl/N-ethyl adjacent to an activating group) is 1. The number of nitrogens with one attached hydrogen (secondary N) is 1. The van der Waals surface area contributed by atoms with E-state index in [9.17, 15) is 4.39 Å². The van der Waals surface area contributed by atoms with Crippen molar-refractivity contribution in [1.82, 2.24) is 9.88 Å². The number of halogens is 1. The van der Waals surface area contributed by atoms with Crippen LogP contribution in [0.2, 0.25) is 0 Å². The van der Waals surface area contributed by atoms with Crippen LogP contribution in [0.25, 0.3) is 0 Å². The van der Waals surface area contributed by atoms with Gasteiger partial charge in [-0.1, -0.05) is 13.3 Å². The number of aromatic nitrogens is 1. The predicted octanol–water partition coefficient (Wildman–Crippen LogP) is 2.36. The fraction of sp³-hybridized carbons (Fsp3) is 0.615.